The van der Waals surface area contributed by atoms with E-state index in [0.717, 1.165) is 11.3 Å². The van der Waals surface area contributed by atoms with Gasteiger partial charge in [0.15, 0.2) is 9.84 Å². The van der Waals surface area contributed by atoms with E-state index in [0.29, 0.717) is 19.4 Å². The summed E-state index contributed by atoms with van der Waals surface area (Å²) in [5.74, 6) is -0.179. The molecule has 23 heavy (non-hydrogen) atoms. The lowest BCUT2D eigenvalue weighted by Crippen LogP contribution is -2.39. The summed E-state index contributed by atoms with van der Waals surface area (Å²) in [7, 11) is -7.12. The van der Waals surface area contributed by atoms with Crippen molar-refractivity contribution in [3.05, 3.63) is 47.8 Å². The molecule has 0 saturated carbocycles. The number of hydrogen-bond donors (Lipinski definition) is 0. The lowest BCUT2D eigenvalue weighted by atomic mass is 10.3. The molecule has 1 saturated heterocycles. The number of thiophene rings is 1. The van der Waals surface area contributed by atoms with Crippen LogP contribution in [0.25, 0.3) is 0 Å². The molecule has 0 unspecified atom stereocenters. The average Bonchev–Trinajstić information content (AvgIpc) is 3.19. The predicted octanol–water partition coefficient (Wildman–Crippen LogP) is 2.38. The molecular weight excluding hydrogens is 354 g/mol. The van der Waals surface area contributed by atoms with E-state index < -0.39 is 25.9 Å². The third kappa shape index (κ3) is 3.35. The molecule has 0 bridgehead atoms. The van der Waals surface area contributed by atoms with Crippen molar-refractivity contribution in [1.29, 1.82) is 0 Å². The van der Waals surface area contributed by atoms with E-state index in [1.54, 1.807) is 47.8 Å². The van der Waals surface area contributed by atoms with Crippen LogP contribution in [0.3, 0.4) is 0 Å². The van der Waals surface area contributed by atoms with E-state index in [1.165, 1.54) is 4.31 Å². The smallest absolute Gasteiger partial charge is 0.224 e. The van der Waals surface area contributed by atoms with Gasteiger partial charge < -0.3 is 0 Å². The molecule has 0 radical (unpaired) electrons. The van der Waals surface area contributed by atoms with Crippen LogP contribution in [0.2, 0.25) is 0 Å². The highest BCUT2D eigenvalue weighted by molar-refractivity contribution is 7.92. The summed E-state index contributed by atoms with van der Waals surface area (Å²) in [6.07, 6.45) is 1.25. The van der Waals surface area contributed by atoms with Gasteiger partial charge in [0, 0.05) is 12.6 Å². The Kier molecular flexibility index (Phi) is 4.59. The minimum absolute atomic E-state index is 0.179. The Hall–Kier alpha value is -1.22. The first-order chi connectivity index (χ1) is 10.9. The summed E-state index contributed by atoms with van der Waals surface area (Å²) in [5.41, 5.74) is 0. The summed E-state index contributed by atoms with van der Waals surface area (Å²) in [6.45, 7) is 0.370. The fraction of sp³-hybridized carbons (Fsp3) is 0.333. The number of nitrogens with zero attached hydrogens (tertiary/aromatic N) is 1. The highest BCUT2D eigenvalue weighted by Crippen LogP contribution is 2.30. The zero-order chi connectivity index (χ0) is 16.5. The standard InChI is InChI=1S/C15H17NO4S3/c17-22(18,14-7-2-1-3-8-14)12-13-6-4-10-16(13)23(19,20)15-9-5-11-21-15/h1-3,5,7-9,11,13H,4,6,10,12H2/t13-/m1/s1. The second-order valence-corrected chi connectivity index (χ2v) is 10.5. The van der Waals surface area contributed by atoms with Crippen molar-refractivity contribution in [3.63, 3.8) is 0 Å². The van der Waals surface area contributed by atoms with Gasteiger partial charge in [0.1, 0.15) is 4.21 Å². The maximum Gasteiger partial charge on any atom is 0.252 e. The molecule has 1 aromatic heterocycles. The fourth-order valence-corrected chi connectivity index (χ4v) is 7.32. The van der Waals surface area contributed by atoms with Gasteiger partial charge in [-0.3, -0.25) is 0 Å². The van der Waals surface area contributed by atoms with E-state index in [2.05, 4.69) is 0 Å². The Bertz CT molecular complexity index is 859. The minimum Gasteiger partial charge on any atom is -0.224 e. The second-order valence-electron chi connectivity index (χ2n) is 5.44. The van der Waals surface area contributed by atoms with Crippen molar-refractivity contribution < 1.29 is 16.8 Å². The van der Waals surface area contributed by atoms with Gasteiger partial charge >= 0.3 is 0 Å². The second kappa shape index (κ2) is 6.35. The molecule has 2 heterocycles. The molecule has 0 N–H and O–H groups in total. The zero-order valence-corrected chi connectivity index (χ0v) is 14.8. The van der Waals surface area contributed by atoms with Gasteiger partial charge in [0.2, 0.25) is 0 Å². The Morgan fingerprint density at radius 1 is 1.04 bits per heavy atom. The molecule has 8 heteroatoms. The quantitative estimate of drug-likeness (QED) is 0.809. The highest BCUT2D eigenvalue weighted by atomic mass is 32.2. The number of benzene rings is 1. The van der Waals surface area contributed by atoms with Gasteiger partial charge in [-0.1, -0.05) is 24.3 Å². The Morgan fingerprint density at radius 2 is 1.78 bits per heavy atom. The largest absolute Gasteiger partial charge is 0.252 e. The summed E-state index contributed by atoms with van der Waals surface area (Å²) < 4.78 is 52.0. The van der Waals surface area contributed by atoms with E-state index >= 15 is 0 Å². The summed E-state index contributed by atoms with van der Waals surface area (Å²) >= 11 is 1.15. The molecular formula is C15H17NO4S3. The monoisotopic (exact) mass is 371 g/mol. The first-order valence-corrected chi connectivity index (χ1v) is 11.2. The van der Waals surface area contributed by atoms with Gasteiger partial charge in [0.25, 0.3) is 10.0 Å². The highest BCUT2D eigenvalue weighted by Gasteiger charge is 2.38. The predicted molar refractivity (Wildman–Crippen MR) is 89.7 cm³/mol. The maximum atomic E-state index is 12.7. The van der Waals surface area contributed by atoms with Crippen molar-refractivity contribution in [1.82, 2.24) is 4.31 Å². The van der Waals surface area contributed by atoms with E-state index in [1.807, 2.05) is 0 Å². The van der Waals surface area contributed by atoms with Crippen LogP contribution in [-0.4, -0.2) is 39.5 Å². The number of sulfonamides is 1. The van der Waals surface area contributed by atoms with Crippen LogP contribution in [-0.2, 0) is 19.9 Å². The zero-order valence-electron chi connectivity index (χ0n) is 12.3. The van der Waals surface area contributed by atoms with Crippen LogP contribution in [0.15, 0.2) is 56.9 Å². The molecule has 0 spiro atoms. The first-order valence-electron chi connectivity index (χ1n) is 7.24. The SMILES string of the molecule is O=S(=O)(C[C@H]1CCCN1S(=O)(=O)c1cccs1)c1ccccc1. The molecule has 1 aliphatic rings. The van der Waals surface area contributed by atoms with Gasteiger partial charge in [-0.15, -0.1) is 11.3 Å². The topological polar surface area (TPSA) is 71.5 Å². The van der Waals surface area contributed by atoms with E-state index in [-0.39, 0.29) is 14.9 Å². The average molecular weight is 372 g/mol. The van der Waals surface area contributed by atoms with Gasteiger partial charge in [0.05, 0.1) is 10.6 Å². The number of hydrogen-bond acceptors (Lipinski definition) is 5. The third-order valence-corrected chi connectivity index (χ3v) is 9.03. The summed E-state index contributed by atoms with van der Waals surface area (Å²) in [5, 5.41) is 1.71. The van der Waals surface area contributed by atoms with Crippen molar-refractivity contribution in [3.8, 4) is 0 Å². The van der Waals surface area contributed by atoms with Gasteiger partial charge in [-0.2, -0.15) is 4.31 Å². The van der Waals surface area contributed by atoms with Crippen molar-refractivity contribution in [2.24, 2.45) is 0 Å². The van der Waals surface area contributed by atoms with E-state index in [9.17, 15) is 16.8 Å². The molecule has 5 nitrogen and oxygen atoms in total. The van der Waals surface area contributed by atoms with E-state index in [4.69, 9.17) is 0 Å². The molecule has 1 aromatic carbocycles. The molecule has 0 aliphatic carbocycles. The summed E-state index contributed by atoms with van der Waals surface area (Å²) in [4.78, 5) is 0.236. The first kappa shape index (κ1) is 16.6. The van der Waals surface area contributed by atoms with Crippen LogP contribution in [0.4, 0.5) is 0 Å². The van der Waals surface area contributed by atoms with Crippen molar-refractivity contribution in [2.45, 2.75) is 28.0 Å². The lowest BCUT2D eigenvalue weighted by molar-refractivity contribution is 0.409. The molecule has 1 aliphatic heterocycles. The van der Waals surface area contributed by atoms with Crippen LogP contribution >= 0.6 is 11.3 Å². The van der Waals surface area contributed by atoms with Crippen molar-refractivity contribution >= 4 is 31.2 Å². The Balaban J connectivity index is 1.86. The van der Waals surface area contributed by atoms with Crippen LogP contribution in [0, 0.1) is 0 Å². The molecule has 1 atom stereocenters. The Labute approximate surface area is 140 Å². The molecule has 2 aromatic rings. The molecule has 0 amide bonds. The van der Waals surface area contributed by atoms with Crippen molar-refractivity contribution in [2.75, 3.05) is 12.3 Å². The molecule has 124 valence electrons. The summed E-state index contributed by atoms with van der Waals surface area (Å²) in [6, 6.07) is 10.9. The fourth-order valence-electron chi connectivity index (χ4n) is 2.80. The van der Waals surface area contributed by atoms with Crippen LogP contribution in [0.1, 0.15) is 12.8 Å². The number of rotatable bonds is 5. The van der Waals surface area contributed by atoms with Crippen LogP contribution < -0.4 is 0 Å². The maximum absolute atomic E-state index is 12.7. The molecule has 1 fully saturated rings. The third-order valence-electron chi connectivity index (χ3n) is 3.90. The molecule has 3 rings (SSSR count). The van der Waals surface area contributed by atoms with Gasteiger partial charge in [-0.05, 0) is 36.4 Å². The minimum atomic E-state index is -3.61. The normalized spacial score (nSPS) is 19.9. The van der Waals surface area contributed by atoms with Gasteiger partial charge in [-0.25, -0.2) is 16.8 Å². The number of sulfone groups is 1. The Morgan fingerprint density at radius 3 is 2.43 bits per heavy atom. The lowest BCUT2D eigenvalue weighted by Gasteiger charge is -2.23. The van der Waals surface area contributed by atoms with Crippen LogP contribution in [0.5, 0.6) is 0 Å².